The first-order valence-electron chi connectivity index (χ1n) is 28.9. The quantitative estimate of drug-likeness (QED) is 0.0228. The maximum absolute atomic E-state index is 13.1. The number of carbonyl (C=O) groups is 4. The Morgan fingerprint density at radius 3 is 1.40 bits per heavy atom. The molecule has 1 rings (SSSR count). The molecule has 1 aliphatic heterocycles. The van der Waals surface area contributed by atoms with Crippen molar-refractivity contribution in [2.24, 2.45) is 0 Å². The van der Waals surface area contributed by atoms with Gasteiger partial charge >= 0.3 is 23.9 Å². The molecule has 0 saturated carbocycles. The number of aliphatic hydroxyl groups excluding tert-OH is 2. The highest BCUT2D eigenvalue weighted by atomic mass is 16.7. The van der Waals surface area contributed by atoms with Crippen molar-refractivity contribution < 1.29 is 58.2 Å². The molecule has 0 aromatic heterocycles. The zero-order chi connectivity index (χ0) is 53.3. The minimum atomic E-state index is -1.91. The van der Waals surface area contributed by atoms with Crippen LogP contribution >= 0.6 is 0 Å². The van der Waals surface area contributed by atoms with Gasteiger partial charge in [-0.05, 0) is 77.0 Å². The first-order chi connectivity index (χ1) is 35.6. The number of aliphatic carboxylic acids is 1. The van der Waals surface area contributed by atoms with E-state index in [1.165, 1.54) is 83.5 Å². The predicted octanol–water partition coefficient (Wildman–Crippen LogP) is 14.6. The van der Waals surface area contributed by atoms with E-state index in [1.807, 2.05) is 12.2 Å². The molecule has 3 N–H and O–H groups in total. The van der Waals surface area contributed by atoms with E-state index in [0.29, 0.717) is 25.7 Å². The van der Waals surface area contributed by atoms with E-state index in [1.54, 1.807) is 0 Å². The highest BCUT2D eigenvalue weighted by molar-refractivity contribution is 5.74. The molecule has 1 saturated heterocycles. The number of hydrogen-bond donors (Lipinski definition) is 3. The second kappa shape index (κ2) is 49.1. The fourth-order valence-corrected chi connectivity index (χ4v) is 8.35. The number of aliphatic hydroxyl groups is 2. The molecule has 1 heterocycles. The minimum Gasteiger partial charge on any atom is -0.479 e. The lowest BCUT2D eigenvalue weighted by atomic mass is 9.98. The van der Waals surface area contributed by atoms with Gasteiger partial charge < -0.3 is 39.0 Å². The van der Waals surface area contributed by atoms with E-state index < -0.39 is 67.3 Å². The van der Waals surface area contributed by atoms with Gasteiger partial charge in [0.05, 0.1) is 6.61 Å². The topological polar surface area (TPSA) is 175 Å². The van der Waals surface area contributed by atoms with Gasteiger partial charge in [0.25, 0.3) is 0 Å². The Morgan fingerprint density at radius 1 is 0.466 bits per heavy atom. The summed E-state index contributed by atoms with van der Waals surface area (Å²) in [5.74, 6) is -3.24. The Morgan fingerprint density at radius 2 is 0.890 bits per heavy atom. The molecule has 418 valence electrons. The Bertz CT molecular complexity index is 1550. The van der Waals surface area contributed by atoms with Gasteiger partial charge in [-0.2, -0.15) is 0 Å². The first kappa shape index (κ1) is 67.2. The van der Waals surface area contributed by atoms with Gasteiger partial charge in [0.15, 0.2) is 24.6 Å². The largest absolute Gasteiger partial charge is 0.479 e. The predicted molar refractivity (Wildman–Crippen MR) is 294 cm³/mol. The van der Waals surface area contributed by atoms with E-state index in [-0.39, 0.29) is 25.9 Å². The summed E-state index contributed by atoms with van der Waals surface area (Å²) in [5, 5.41) is 31.4. The van der Waals surface area contributed by atoms with Crippen LogP contribution in [0.15, 0.2) is 72.9 Å². The number of unbranched alkanes of at least 4 members (excludes halogenated alkanes) is 22. The van der Waals surface area contributed by atoms with Crippen molar-refractivity contribution in [3.05, 3.63) is 72.9 Å². The van der Waals surface area contributed by atoms with Crippen LogP contribution in [0.4, 0.5) is 0 Å². The summed E-state index contributed by atoms with van der Waals surface area (Å²) in [4.78, 5) is 51.0. The Hall–Kier alpha value is -3.84. The van der Waals surface area contributed by atoms with Crippen molar-refractivity contribution in [1.29, 1.82) is 0 Å². The molecule has 0 aromatic rings. The standard InChI is InChI=1S/C61H102O12/c1-4-7-10-13-16-19-22-25-27-30-32-35-38-41-44-47-53(62)69-50-52(71-54(63)48-45-42-39-36-33-29-24-21-18-15-12-9-6-3)51-70-61-59(57(66)56(65)58(73-61)60(67)68)72-55(64)49-46-43-40-37-34-31-28-26-23-20-17-14-11-8-5-2/h9,12,16,18-19,21,25,27,29,33,39,42,52,56-59,61,65-66H,4-8,10-11,13-15,17,20,22-24,26,28,30-32,34-38,40-41,43-51H2,1-3H3,(H,67,68)/b12-9-,19-16-,21-18-,27-25-,33-29-,42-39-. The summed E-state index contributed by atoms with van der Waals surface area (Å²) in [6.07, 6.45) is 48.9. The third-order valence-corrected chi connectivity index (χ3v) is 12.8. The molecule has 0 radical (unpaired) electrons. The summed E-state index contributed by atoms with van der Waals surface area (Å²) in [6.45, 7) is 5.77. The lowest BCUT2D eigenvalue weighted by Crippen LogP contribution is -2.61. The van der Waals surface area contributed by atoms with Crippen LogP contribution in [0.5, 0.6) is 0 Å². The summed E-state index contributed by atoms with van der Waals surface area (Å²) in [7, 11) is 0. The number of carboxylic acid groups (broad SMARTS) is 1. The molecule has 12 heteroatoms. The lowest BCUT2D eigenvalue weighted by Gasteiger charge is -2.40. The van der Waals surface area contributed by atoms with Crippen molar-refractivity contribution in [3.8, 4) is 0 Å². The normalized spacial score (nSPS) is 18.8. The van der Waals surface area contributed by atoms with E-state index in [9.17, 15) is 34.5 Å². The smallest absolute Gasteiger partial charge is 0.335 e. The van der Waals surface area contributed by atoms with Crippen molar-refractivity contribution >= 4 is 23.9 Å². The zero-order valence-corrected chi connectivity index (χ0v) is 45.9. The molecule has 6 atom stereocenters. The fourth-order valence-electron chi connectivity index (χ4n) is 8.35. The van der Waals surface area contributed by atoms with Crippen molar-refractivity contribution in [2.45, 2.75) is 276 Å². The van der Waals surface area contributed by atoms with Crippen LogP contribution < -0.4 is 0 Å². The number of carbonyl (C=O) groups excluding carboxylic acids is 3. The first-order valence-corrected chi connectivity index (χ1v) is 28.9. The van der Waals surface area contributed by atoms with Gasteiger partial charge in [0, 0.05) is 19.3 Å². The number of ether oxygens (including phenoxy) is 5. The molecule has 12 nitrogen and oxygen atoms in total. The molecular formula is C61H102O12. The molecular weight excluding hydrogens is 925 g/mol. The van der Waals surface area contributed by atoms with E-state index >= 15 is 0 Å². The highest BCUT2D eigenvalue weighted by Crippen LogP contribution is 2.26. The Balaban J connectivity index is 2.74. The summed E-state index contributed by atoms with van der Waals surface area (Å²) >= 11 is 0. The minimum absolute atomic E-state index is 0.0378. The van der Waals surface area contributed by atoms with Gasteiger partial charge in [-0.1, -0.05) is 216 Å². The molecule has 0 aromatic carbocycles. The average molecular weight is 1030 g/mol. The number of allylic oxidation sites excluding steroid dienone is 12. The van der Waals surface area contributed by atoms with Crippen LogP contribution in [-0.4, -0.2) is 89.2 Å². The molecule has 0 aliphatic carbocycles. The maximum atomic E-state index is 13.1. The van der Waals surface area contributed by atoms with Crippen LogP contribution in [0.1, 0.15) is 239 Å². The number of rotatable bonds is 48. The third kappa shape index (κ3) is 39.3. The number of hydrogen-bond acceptors (Lipinski definition) is 11. The van der Waals surface area contributed by atoms with E-state index in [0.717, 1.165) is 89.9 Å². The van der Waals surface area contributed by atoms with Crippen LogP contribution in [0, 0.1) is 0 Å². The second-order valence-electron chi connectivity index (χ2n) is 19.5. The lowest BCUT2D eigenvalue weighted by molar-refractivity contribution is -0.301. The molecule has 0 amide bonds. The van der Waals surface area contributed by atoms with Gasteiger partial charge in [0.1, 0.15) is 18.8 Å². The monoisotopic (exact) mass is 1030 g/mol. The molecule has 0 spiro atoms. The van der Waals surface area contributed by atoms with Crippen molar-refractivity contribution in [3.63, 3.8) is 0 Å². The SMILES string of the molecule is CC/C=C\C/C=C\C/C=C\C/C=C\CCC(=O)OC(COC(=O)CCCCCCC/C=C\C/C=C\CCCCC)COC1OC(C(=O)O)C(O)C(O)C1OC(=O)CCCCCCCCCCCCCCCCC. The Kier molecular flexibility index (Phi) is 45.1. The average Bonchev–Trinajstić information content (AvgIpc) is 3.37. The summed E-state index contributed by atoms with van der Waals surface area (Å²) in [6, 6.07) is 0. The molecule has 1 aliphatic rings. The zero-order valence-electron chi connectivity index (χ0n) is 45.9. The van der Waals surface area contributed by atoms with Gasteiger partial charge in [-0.15, -0.1) is 0 Å². The van der Waals surface area contributed by atoms with Crippen LogP contribution in [-0.2, 0) is 42.9 Å². The summed E-state index contributed by atoms with van der Waals surface area (Å²) < 4.78 is 28.3. The highest BCUT2D eigenvalue weighted by Gasteiger charge is 2.50. The summed E-state index contributed by atoms with van der Waals surface area (Å²) in [5.41, 5.74) is 0. The van der Waals surface area contributed by atoms with Crippen LogP contribution in [0.2, 0.25) is 0 Å². The van der Waals surface area contributed by atoms with Crippen LogP contribution in [0.25, 0.3) is 0 Å². The molecule has 6 unspecified atom stereocenters. The van der Waals surface area contributed by atoms with Gasteiger partial charge in [-0.25, -0.2) is 4.79 Å². The molecule has 73 heavy (non-hydrogen) atoms. The third-order valence-electron chi connectivity index (χ3n) is 12.8. The van der Waals surface area contributed by atoms with Crippen molar-refractivity contribution in [1.82, 2.24) is 0 Å². The maximum Gasteiger partial charge on any atom is 0.335 e. The van der Waals surface area contributed by atoms with Gasteiger partial charge in [-0.3, -0.25) is 14.4 Å². The van der Waals surface area contributed by atoms with E-state index in [4.69, 9.17) is 23.7 Å². The fraction of sp³-hybridized carbons (Fsp3) is 0.738. The second-order valence-corrected chi connectivity index (χ2v) is 19.5. The van der Waals surface area contributed by atoms with Crippen LogP contribution in [0.3, 0.4) is 0 Å². The van der Waals surface area contributed by atoms with Crippen molar-refractivity contribution in [2.75, 3.05) is 13.2 Å². The number of carboxylic acids is 1. The molecule has 0 bridgehead atoms. The van der Waals surface area contributed by atoms with Gasteiger partial charge in [0.2, 0.25) is 0 Å². The van der Waals surface area contributed by atoms with E-state index in [2.05, 4.69) is 81.5 Å². The number of esters is 3. The Labute approximate surface area is 442 Å². The molecule has 1 fully saturated rings.